The third kappa shape index (κ3) is 5.41. The number of benzene rings is 1. The molecule has 6 rings (SSSR count). The van der Waals surface area contributed by atoms with Crippen molar-refractivity contribution in [3.05, 3.63) is 40.8 Å². The number of carbonyl (C=O) groups excluding carboxylic acids is 2. The number of esters is 1. The van der Waals surface area contributed by atoms with Gasteiger partial charge in [0, 0.05) is 29.1 Å². The van der Waals surface area contributed by atoms with E-state index >= 15 is 0 Å². The maximum absolute atomic E-state index is 13.8. The molecule has 0 aliphatic heterocycles. The van der Waals surface area contributed by atoms with E-state index in [2.05, 4.69) is 39.2 Å². The first-order chi connectivity index (χ1) is 18.7. The average molecular weight is 567 g/mol. The molecule has 0 spiro atoms. The minimum absolute atomic E-state index is 0.0301. The van der Waals surface area contributed by atoms with Crippen molar-refractivity contribution >= 4 is 36.7 Å². The molecule has 0 saturated heterocycles. The number of aromatic nitrogens is 1. The fourth-order valence-corrected chi connectivity index (χ4v) is 9.43. The van der Waals surface area contributed by atoms with Crippen molar-refractivity contribution in [1.82, 2.24) is 4.57 Å². The van der Waals surface area contributed by atoms with Crippen molar-refractivity contribution in [3.8, 4) is 0 Å². The zero-order valence-electron chi connectivity index (χ0n) is 25.2. The van der Waals surface area contributed by atoms with Crippen LogP contribution in [0.15, 0.2) is 35.3 Å². The summed E-state index contributed by atoms with van der Waals surface area (Å²) in [6.07, 6.45) is 9.20. The molecule has 1 aromatic carbocycles. The van der Waals surface area contributed by atoms with E-state index in [1.165, 1.54) is 50.2 Å². The lowest BCUT2D eigenvalue weighted by Crippen LogP contribution is -2.48. The van der Waals surface area contributed by atoms with Gasteiger partial charge in [-0.1, -0.05) is 26.8 Å². The van der Waals surface area contributed by atoms with E-state index in [4.69, 9.17) is 9.16 Å². The van der Waals surface area contributed by atoms with Crippen LogP contribution >= 0.6 is 0 Å². The van der Waals surface area contributed by atoms with E-state index in [0.717, 1.165) is 17.8 Å². The summed E-state index contributed by atoms with van der Waals surface area (Å²) in [5, 5.41) is 4.20. The molecule has 1 unspecified atom stereocenters. The molecule has 0 radical (unpaired) electrons. The van der Waals surface area contributed by atoms with E-state index in [1.54, 1.807) is 18.3 Å². The maximum atomic E-state index is 13.8. The fraction of sp³-hybridized carbons (Fsp3) is 0.656. The van der Waals surface area contributed by atoms with Gasteiger partial charge in [-0.2, -0.15) is 0 Å². The van der Waals surface area contributed by atoms with Crippen LogP contribution in [0.2, 0.25) is 18.1 Å². The second kappa shape index (κ2) is 10.4. The highest BCUT2D eigenvalue weighted by Gasteiger charge is 2.51. The quantitative estimate of drug-likeness (QED) is 0.285. The number of nitrogens with zero attached hydrogens (tertiary/aromatic N) is 1. The lowest BCUT2D eigenvalue weighted by molar-refractivity contribution is -0.147. The molecule has 218 valence electrons. The highest BCUT2D eigenvalue weighted by Crippen LogP contribution is 2.61. The van der Waals surface area contributed by atoms with E-state index in [-0.39, 0.29) is 21.9 Å². The lowest BCUT2D eigenvalue weighted by Gasteiger charge is -2.56. The first kappa shape index (κ1) is 29.1. The molecule has 1 N–H and O–H groups in total. The van der Waals surface area contributed by atoms with Gasteiger partial charge in [-0.3, -0.25) is 14.2 Å². The number of ether oxygens (including phenoxy) is 1. The summed E-state index contributed by atoms with van der Waals surface area (Å²) >= 11 is 0. The molecule has 4 saturated carbocycles. The van der Waals surface area contributed by atoms with Crippen molar-refractivity contribution in [2.75, 3.05) is 12.4 Å². The number of rotatable bonds is 8. The normalized spacial score (nSPS) is 27.4. The third-order valence-electron chi connectivity index (χ3n) is 10.4. The minimum Gasteiger partial charge on any atom is -0.467 e. The van der Waals surface area contributed by atoms with Crippen LogP contribution in [-0.2, 0) is 18.8 Å². The highest BCUT2D eigenvalue weighted by molar-refractivity contribution is 6.74. The number of nitrogens with one attached hydrogen (secondary N) is 1. The molecule has 4 fully saturated rings. The van der Waals surface area contributed by atoms with E-state index in [1.807, 2.05) is 19.1 Å². The predicted molar refractivity (Wildman–Crippen MR) is 161 cm³/mol. The van der Waals surface area contributed by atoms with Gasteiger partial charge in [-0.15, -0.1) is 0 Å². The fourth-order valence-electron chi connectivity index (χ4n) is 8.02. The zero-order chi connectivity index (χ0) is 29.0. The number of methoxy groups -OCH3 is 1. The molecule has 4 aliphatic carbocycles. The summed E-state index contributed by atoms with van der Waals surface area (Å²) in [5.74, 6) is 1.89. The molecule has 7 nitrogen and oxygen atoms in total. The molecule has 40 heavy (non-hydrogen) atoms. The number of anilines is 1. The molecular weight excluding hydrogens is 520 g/mol. The van der Waals surface area contributed by atoms with Crippen LogP contribution in [0.25, 0.3) is 10.8 Å². The highest BCUT2D eigenvalue weighted by atomic mass is 28.4. The molecule has 2 atom stereocenters. The Hall–Kier alpha value is -2.45. The summed E-state index contributed by atoms with van der Waals surface area (Å²) < 4.78 is 13.1. The Balaban J connectivity index is 1.40. The number of fused-ring (bicyclic) bond motifs is 1. The van der Waals surface area contributed by atoms with Crippen LogP contribution in [-0.4, -0.2) is 38.0 Å². The van der Waals surface area contributed by atoms with Gasteiger partial charge < -0.3 is 14.5 Å². The van der Waals surface area contributed by atoms with Crippen molar-refractivity contribution in [1.29, 1.82) is 0 Å². The predicted octanol–water partition coefficient (Wildman–Crippen LogP) is 6.67. The maximum Gasteiger partial charge on any atom is 0.331 e. The molecule has 4 aliphatic rings. The lowest BCUT2D eigenvalue weighted by atomic mass is 9.49. The Morgan fingerprint density at radius 1 is 1.05 bits per heavy atom. The van der Waals surface area contributed by atoms with Gasteiger partial charge in [0.25, 0.3) is 5.56 Å². The second-order valence-corrected chi connectivity index (χ2v) is 19.2. The van der Waals surface area contributed by atoms with Crippen LogP contribution in [0.5, 0.6) is 0 Å². The van der Waals surface area contributed by atoms with Gasteiger partial charge in [0.05, 0.1) is 13.2 Å². The van der Waals surface area contributed by atoms with E-state index in [0.29, 0.717) is 22.9 Å². The zero-order valence-corrected chi connectivity index (χ0v) is 26.2. The molecule has 4 bridgehead atoms. The van der Waals surface area contributed by atoms with Gasteiger partial charge in [-0.25, -0.2) is 4.79 Å². The van der Waals surface area contributed by atoms with E-state index < -0.39 is 26.4 Å². The van der Waals surface area contributed by atoms with Crippen LogP contribution < -0.4 is 10.9 Å². The van der Waals surface area contributed by atoms with Crippen molar-refractivity contribution in [2.24, 2.45) is 23.2 Å². The van der Waals surface area contributed by atoms with Crippen LogP contribution in [0.1, 0.15) is 78.7 Å². The largest absolute Gasteiger partial charge is 0.467 e. The SMILES string of the molecule is COC(=O)[C@@H](C(C)O[Si](C)(C)C(C)(C)C)n1ccc2c(NC(=O)CC34CC5CC(CC(C5)C3)C4)cccc2c1=O. The molecule has 1 amide bonds. The summed E-state index contributed by atoms with van der Waals surface area (Å²) in [5.41, 5.74) is 0.469. The Labute approximate surface area is 239 Å². The molecule has 8 heteroatoms. The Morgan fingerprint density at radius 3 is 2.20 bits per heavy atom. The number of carbonyl (C=O) groups is 2. The summed E-state index contributed by atoms with van der Waals surface area (Å²) in [6.45, 7) is 12.5. The van der Waals surface area contributed by atoms with Crippen molar-refractivity contribution < 1.29 is 18.8 Å². The van der Waals surface area contributed by atoms with Gasteiger partial charge >= 0.3 is 5.97 Å². The Bertz CT molecular complexity index is 1320. The topological polar surface area (TPSA) is 86.6 Å². The summed E-state index contributed by atoms with van der Waals surface area (Å²) in [7, 11) is -0.890. The number of hydrogen-bond acceptors (Lipinski definition) is 5. The third-order valence-corrected chi connectivity index (χ3v) is 15.0. The second-order valence-electron chi connectivity index (χ2n) is 14.5. The monoisotopic (exact) mass is 566 g/mol. The van der Waals surface area contributed by atoms with Gasteiger partial charge in [-0.05, 0) is 105 Å². The minimum atomic E-state index is -2.22. The molecular formula is C32H46N2O5Si. The van der Waals surface area contributed by atoms with E-state index in [9.17, 15) is 14.4 Å². The van der Waals surface area contributed by atoms with Gasteiger partial charge in [0.2, 0.25) is 5.91 Å². The van der Waals surface area contributed by atoms with Crippen molar-refractivity contribution in [3.63, 3.8) is 0 Å². The Kier molecular flexibility index (Phi) is 7.57. The van der Waals surface area contributed by atoms with Crippen LogP contribution in [0.3, 0.4) is 0 Å². The van der Waals surface area contributed by atoms with Crippen LogP contribution in [0, 0.1) is 23.2 Å². The first-order valence-corrected chi connectivity index (χ1v) is 17.8. The molecule has 1 aromatic heterocycles. The number of pyridine rings is 1. The Morgan fingerprint density at radius 2 is 1.65 bits per heavy atom. The van der Waals surface area contributed by atoms with Crippen molar-refractivity contribution in [2.45, 2.75) is 103 Å². The van der Waals surface area contributed by atoms with Gasteiger partial charge in [0.15, 0.2) is 14.4 Å². The molecule has 1 heterocycles. The number of amides is 1. The van der Waals surface area contributed by atoms with Crippen LogP contribution in [0.4, 0.5) is 5.69 Å². The molecule has 2 aromatic rings. The summed E-state index contributed by atoms with van der Waals surface area (Å²) in [4.78, 5) is 40.1. The summed E-state index contributed by atoms with van der Waals surface area (Å²) in [6, 6.07) is 6.27. The average Bonchev–Trinajstić information content (AvgIpc) is 2.83. The standard InChI is InChI=1S/C32H46N2O5Si/c1-20(39-40(6,7)31(2,3)4)28(30(37)38-5)34-12-11-24-25(29(34)36)9-8-10-26(24)33-27(35)19-32-16-21-13-22(17-32)15-23(14-21)18-32/h8-12,20-23,28H,13-19H2,1-7H3,(H,33,35)/t20?,21?,22?,23?,28-,32?/m1/s1. The first-order valence-electron chi connectivity index (χ1n) is 14.9. The van der Waals surface area contributed by atoms with Gasteiger partial charge in [0.1, 0.15) is 0 Å². The number of hydrogen-bond donors (Lipinski definition) is 1. The smallest absolute Gasteiger partial charge is 0.331 e.